The van der Waals surface area contributed by atoms with Crippen molar-refractivity contribution in [3.63, 3.8) is 0 Å². The summed E-state index contributed by atoms with van der Waals surface area (Å²) in [6, 6.07) is 9.59. The van der Waals surface area contributed by atoms with Crippen LogP contribution in [0.2, 0.25) is 0 Å². The van der Waals surface area contributed by atoms with Gasteiger partial charge in [-0.15, -0.1) is 0 Å². The van der Waals surface area contributed by atoms with Crippen molar-refractivity contribution in [2.45, 2.75) is 25.6 Å². The van der Waals surface area contributed by atoms with E-state index in [4.69, 9.17) is 0 Å². The van der Waals surface area contributed by atoms with Crippen LogP contribution in [0.25, 0.3) is 16.8 Å². The highest BCUT2D eigenvalue weighted by Crippen LogP contribution is 2.33. The van der Waals surface area contributed by atoms with E-state index in [0.29, 0.717) is 11.1 Å². The minimum Gasteiger partial charge on any atom is -0.396 e. The molecule has 182 valence electrons. The van der Waals surface area contributed by atoms with Gasteiger partial charge in [-0.3, -0.25) is 9.59 Å². The molecule has 0 unspecified atom stereocenters. The summed E-state index contributed by atoms with van der Waals surface area (Å²) in [5.74, 6) is -1.07. The molecule has 2 aromatic carbocycles. The quantitative estimate of drug-likeness (QED) is 0.357. The molecular weight excluding hydrogens is 468 g/mol. The van der Waals surface area contributed by atoms with Crippen molar-refractivity contribution in [3.05, 3.63) is 93.3 Å². The Bertz CT molecular complexity index is 1440. The predicted molar refractivity (Wildman–Crippen MR) is 119 cm³/mol. The molecule has 2 heterocycles. The number of nitrogens with zero attached hydrogens (tertiary/aromatic N) is 2. The number of aromatic amines is 1. The zero-order chi connectivity index (χ0) is 25.3. The lowest BCUT2D eigenvalue weighted by molar-refractivity contribution is -0.138. The number of hydrogen-bond donors (Lipinski definition) is 3. The highest BCUT2D eigenvalue weighted by molar-refractivity contribution is 5.93. The molecule has 4 rings (SSSR count). The van der Waals surface area contributed by atoms with Crippen molar-refractivity contribution < 1.29 is 27.5 Å². The summed E-state index contributed by atoms with van der Waals surface area (Å²) in [6.45, 7) is 1.09. The molecule has 35 heavy (non-hydrogen) atoms. The zero-order valence-corrected chi connectivity index (χ0v) is 18.4. The number of hydrogen-bond acceptors (Lipinski definition) is 4. The highest BCUT2D eigenvalue weighted by atomic mass is 19.4. The smallest absolute Gasteiger partial charge is 0.396 e. The number of aliphatic hydroxyl groups is 1. The average Bonchev–Trinajstić information content (AvgIpc) is 3.23. The Morgan fingerprint density at radius 2 is 1.89 bits per heavy atom. The minimum atomic E-state index is -4.49. The maximum atomic E-state index is 13.2. The van der Waals surface area contributed by atoms with E-state index in [1.54, 1.807) is 0 Å². The van der Waals surface area contributed by atoms with E-state index in [0.717, 1.165) is 6.07 Å². The van der Waals surface area contributed by atoms with Gasteiger partial charge in [-0.05, 0) is 54.3 Å². The van der Waals surface area contributed by atoms with Crippen LogP contribution in [0, 0.1) is 12.7 Å². The van der Waals surface area contributed by atoms with Gasteiger partial charge in [0.15, 0.2) is 5.69 Å². The first-order valence-electron chi connectivity index (χ1n) is 10.5. The van der Waals surface area contributed by atoms with Crippen LogP contribution in [0.15, 0.2) is 59.5 Å². The number of carbonyl (C=O) groups excluding carboxylic acids is 1. The lowest BCUT2D eigenvalue weighted by Crippen LogP contribution is -2.29. The van der Waals surface area contributed by atoms with Gasteiger partial charge in [0.05, 0.1) is 23.5 Å². The number of carbonyl (C=O) groups is 1. The summed E-state index contributed by atoms with van der Waals surface area (Å²) < 4.78 is 53.6. The summed E-state index contributed by atoms with van der Waals surface area (Å²) in [5, 5.41) is 16.2. The van der Waals surface area contributed by atoms with E-state index < -0.39 is 35.1 Å². The number of nitrogens with one attached hydrogen (secondary N) is 2. The monoisotopic (exact) mass is 488 g/mol. The normalized spacial score (nSPS) is 12.6. The van der Waals surface area contributed by atoms with E-state index in [1.807, 2.05) is 0 Å². The van der Waals surface area contributed by atoms with E-state index in [-0.39, 0.29) is 35.5 Å². The molecule has 1 atom stereocenters. The summed E-state index contributed by atoms with van der Waals surface area (Å²) in [5.41, 5.74) is -0.251. The molecular formula is C24H20F4N4O3. The predicted octanol–water partition coefficient (Wildman–Crippen LogP) is 4.01. The van der Waals surface area contributed by atoms with Crippen LogP contribution in [0.4, 0.5) is 17.6 Å². The third kappa shape index (κ3) is 5.09. The molecule has 0 saturated heterocycles. The van der Waals surface area contributed by atoms with Crippen LogP contribution in [-0.4, -0.2) is 32.2 Å². The number of halogens is 4. The first kappa shape index (κ1) is 24.1. The van der Waals surface area contributed by atoms with E-state index >= 15 is 0 Å². The Morgan fingerprint density at radius 1 is 1.17 bits per heavy atom. The lowest BCUT2D eigenvalue weighted by atomic mass is 10.0. The summed E-state index contributed by atoms with van der Waals surface area (Å²) in [6.07, 6.45) is -2.92. The molecule has 7 nitrogen and oxygen atoms in total. The minimum absolute atomic E-state index is 0.00723. The van der Waals surface area contributed by atoms with Crippen LogP contribution < -0.4 is 10.9 Å². The van der Waals surface area contributed by atoms with Crippen LogP contribution in [0.1, 0.15) is 39.6 Å². The van der Waals surface area contributed by atoms with E-state index in [1.165, 1.54) is 60.1 Å². The second-order valence-corrected chi connectivity index (χ2v) is 7.97. The third-order valence-corrected chi connectivity index (χ3v) is 5.54. The maximum Gasteiger partial charge on any atom is 0.416 e. The number of aryl methyl sites for hydroxylation is 1. The number of fused-ring (bicyclic) bond motifs is 1. The fraction of sp³-hybridized carbons (Fsp3) is 0.208. The summed E-state index contributed by atoms with van der Waals surface area (Å²) in [4.78, 5) is 28.0. The van der Waals surface area contributed by atoms with Gasteiger partial charge in [-0.1, -0.05) is 18.2 Å². The molecule has 0 aliphatic carbocycles. The molecule has 0 fully saturated rings. The number of rotatable bonds is 6. The highest BCUT2D eigenvalue weighted by Gasteiger charge is 2.32. The van der Waals surface area contributed by atoms with Crippen LogP contribution >= 0.6 is 0 Å². The molecule has 1 amide bonds. The van der Waals surface area contributed by atoms with Crippen molar-refractivity contribution >= 4 is 11.4 Å². The van der Waals surface area contributed by atoms with E-state index in [2.05, 4.69) is 15.4 Å². The van der Waals surface area contributed by atoms with Gasteiger partial charge in [0.25, 0.3) is 11.5 Å². The summed E-state index contributed by atoms with van der Waals surface area (Å²) in [7, 11) is 0. The molecule has 0 radical (unpaired) electrons. The largest absolute Gasteiger partial charge is 0.416 e. The second-order valence-electron chi connectivity index (χ2n) is 7.97. The maximum absolute atomic E-state index is 13.2. The van der Waals surface area contributed by atoms with Crippen molar-refractivity contribution in [1.29, 1.82) is 0 Å². The third-order valence-electron chi connectivity index (χ3n) is 5.54. The van der Waals surface area contributed by atoms with Crippen LogP contribution in [0.3, 0.4) is 0 Å². The Morgan fingerprint density at radius 3 is 2.51 bits per heavy atom. The van der Waals surface area contributed by atoms with Crippen molar-refractivity contribution in [2.24, 2.45) is 0 Å². The second kappa shape index (κ2) is 9.34. The molecule has 2 aromatic heterocycles. The molecule has 0 aliphatic rings. The number of alkyl halides is 3. The molecule has 3 N–H and O–H groups in total. The van der Waals surface area contributed by atoms with Crippen molar-refractivity contribution in [1.82, 2.24) is 19.9 Å². The van der Waals surface area contributed by atoms with Crippen molar-refractivity contribution in [3.8, 4) is 11.3 Å². The topological polar surface area (TPSA) is 99.5 Å². The fourth-order valence-electron chi connectivity index (χ4n) is 3.79. The Hall–Kier alpha value is -3.99. The van der Waals surface area contributed by atoms with Gasteiger partial charge in [-0.2, -0.15) is 18.3 Å². The molecule has 4 aromatic rings. The number of amides is 1. The van der Waals surface area contributed by atoms with Gasteiger partial charge in [0, 0.05) is 12.7 Å². The fourth-order valence-corrected chi connectivity index (χ4v) is 3.79. The van der Waals surface area contributed by atoms with E-state index in [9.17, 15) is 32.3 Å². The number of aliphatic hydroxyl groups excluding tert-OH is 1. The molecule has 0 bridgehead atoms. The molecule has 0 saturated carbocycles. The number of H-pyrrole nitrogens is 1. The average molecular weight is 488 g/mol. The number of benzene rings is 2. The Balaban J connectivity index is 1.64. The van der Waals surface area contributed by atoms with Crippen LogP contribution in [0.5, 0.6) is 0 Å². The number of aromatic nitrogens is 3. The summed E-state index contributed by atoms with van der Waals surface area (Å²) >= 11 is 0. The molecule has 11 heteroatoms. The zero-order valence-electron chi connectivity index (χ0n) is 18.4. The van der Waals surface area contributed by atoms with Gasteiger partial charge in [0.2, 0.25) is 0 Å². The first-order chi connectivity index (χ1) is 16.6. The lowest BCUT2D eigenvalue weighted by Gasteiger charge is -2.17. The molecule has 0 spiro atoms. The first-order valence-corrected chi connectivity index (χ1v) is 10.5. The van der Waals surface area contributed by atoms with Gasteiger partial charge >= 0.3 is 6.18 Å². The van der Waals surface area contributed by atoms with Gasteiger partial charge < -0.3 is 15.4 Å². The molecule has 0 aliphatic heterocycles. The van der Waals surface area contributed by atoms with Gasteiger partial charge in [0.1, 0.15) is 11.3 Å². The SMILES string of the molecule is Cc1cc(-c2cn3nc(C(=O)N[C@H](CCO)c4ccc(F)cc4)cc3c(=O)[nH]2)ccc1C(F)(F)F. The van der Waals surface area contributed by atoms with Crippen LogP contribution in [-0.2, 0) is 6.18 Å². The Labute approximate surface area is 196 Å². The standard InChI is InChI=1S/C24H20F4N4O3/c1-13-10-15(4-7-17(13)24(26,27)28)20-12-32-21(23(35)30-20)11-19(31-32)22(34)29-18(8-9-33)14-2-5-16(25)6-3-14/h2-7,10-12,18,33H,8-9H2,1H3,(H,29,34)(H,30,35)/t18-/m1/s1. The van der Waals surface area contributed by atoms with Gasteiger partial charge in [-0.25, -0.2) is 8.91 Å². The van der Waals surface area contributed by atoms with Crippen molar-refractivity contribution in [2.75, 3.05) is 6.61 Å². The Kier molecular flexibility index (Phi) is 6.44.